The first kappa shape index (κ1) is 22.2. The lowest BCUT2D eigenvalue weighted by atomic mass is 10.1. The molecule has 162 valence electrons. The number of ether oxygens (including phenoxy) is 2. The van der Waals surface area contributed by atoms with Crippen LogP contribution in [0.25, 0.3) is 10.8 Å². The molecule has 0 aliphatic carbocycles. The number of hydrazine groups is 1. The molecule has 0 bridgehead atoms. The van der Waals surface area contributed by atoms with Crippen LogP contribution < -0.4 is 20.3 Å². The number of hydrogen-bond donors (Lipinski definition) is 2. The number of carbonyl (C=O) groups excluding carboxylic acids is 2. The number of fused-ring (bicyclic) bond motifs is 1. The standard InChI is InChI=1S/C25H28N2O4/c1-17(2)14-15-30-22-11-9-20(10-12-22)25(29)27-26-24(28)18(3)31-23-13-8-19-6-4-5-7-21(19)16-23/h4-13,16-18H,14-15H2,1-3H3,(H,26,28)(H,27,29). The van der Waals surface area contributed by atoms with Gasteiger partial charge in [-0.3, -0.25) is 20.4 Å². The molecule has 6 heteroatoms. The Hall–Kier alpha value is -3.54. The van der Waals surface area contributed by atoms with Gasteiger partial charge in [-0.1, -0.05) is 44.2 Å². The van der Waals surface area contributed by atoms with Gasteiger partial charge in [-0.2, -0.15) is 0 Å². The molecule has 3 aromatic rings. The van der Waals surface area contributed by atoms with Crippen molar-refractivity contribution in [2.75, 3.05) is 6.61 Å². The fourth-order valence-electron chi connectivity index (χ4n) is 2.91. The number of nitrogens with one attached hydrogen (secondary N) is 2. The van der Waals surface area contributed by atoms with Crippen LogP contribution in [0.3, 0.4) is 0 Å². The summed E-state index contributed by atoms with van der Waals surface area (Å²) in [4.78, 5) is 24.6. The van der Waals surface area contributed by atoms with Crippen LogP contribution in [0.15, 0.2) is 66.7 Å². The van der Waals surface area contributed by atoms with Crippen LogP contribution in [-0.4, -0.2) is 24.5 Å². The van der Waals surface area contributed by atoms with E-state index in [9.17, 15) is 9.59 Å². The molecule has 2 N–H and O–H groups in total. The van der Waals surface area contributed by atoms with Crippen molar-refractivity contribution < 1.29 is 19.1 Å². The molecule has 1 unspecified atom stereocenters. The lowest BCUT2D eigenvalue weighted by Crippen LogP contribution is -2.47. The van der Waals surface area contributed by atoms with Crippen LogP contribution in [0.5, 0.6) is 11.5 Å². The summed E-state index contributed by atoms with van der Waals surface area (Å²) in [5, 5.41) is 2.12. The van der Waals surface area contributed by atoms with Crippen molar-refractivity contribution in [3.05, 3.63) is 72.3 Å². The van der Waals surface area contributed by atoms with Gasteiger partial charge in [-0.05, 0) is 66.4 Å². The molecule has 0 aliphatic heterocycles. The molecule has 3 aromatic carbocycles. The molecule has 0 fully saturated rings. The van der Waals surface area contributed by atoms with Crippen LogP contribution in [0.4, 0.5) is 0 Å². The van der Waals surface area contributed by atoms with Gasteiger partial charge < -0.3 is 9.47 Å². The number of carbonyl (C=O) groups is 2. The number of rotatable bonds is 8. The van der Waals surface area contributed by atoms with Crippen molar-refractivity contribution in [1.29, 1.82) is 0 Å². The Balaban J connectivity index is 1.48. The van der Waals surface area contributed by atoms with E-state index in [2.05, 4.69) is 24.7 Å². The Morgan fingerprint density at radius 2 is 1.52 bits per heavy atom. The van der Waals surface area contributed by atoms with Crippen molar-refractivity contribution in [3.8, 4) is 11.5 Å². The van der Waals surface area contributed by atoms with Crippen molar-refractivity contribution in [3.63, 3.8) is 0 Å². The van der Waals surface area contributed by atoms with E-state index in [0.717, 1.165) is 17.2 Å². The topological polar surface area (TPSA) is 76.7 Å². The Bertz CT molecular complexity index is 1030. The molecule has 0 spiro atoms. The number of hydrogen-bond acceptors (Lipinski definition) is 4. The van der Waals surface area contributed by atoms with Crippen LogP contribution in [0.1, 0.15) is 37.6 Å². The first-order chi connectivity index (χ1) is 14.9. The summed E-state index contributed by atoms with van der Waals surface area (Å²) in [5.74, 6) is 0.996. The summed E-state index contributed by atoms with van der Waals surface area (Å²) in [6.07, 6.45) is 0.187. The molecular weight excluding hydrogens is 392 g/mol. The molecule has 0 aromatic heterocycles. The summed E-state index contributed by atoms with van der Waals surface area (Å²) < 4.78 is 11.4. The highest BCUT2D eigenvalue weighted by Gasteiger charge is 2.16. The van der Waals surface area contributed by atoms with Crippen molar-refractivity contribution in [1.82, 2.24) is 10.9 Å². The summed E-state index contributed by atoms with van der Waals surface area (Å²) in [6.45, 7) is 6.53. The lowest BCUT2D eigenvalue weighted by molar-refractivity contribution is -0.128. The largest absolute Gasteiger partial charge is 0.494 e. The summed E-state index contributed by atoms with van der Waals surface area (Å²) in [6, 6.07) is 20.3. The van der Waals surface area contributed by atoms with Crippen LogP contribution in [0, 0.1) is 5.92 Å². The second kappa shape index (κ2) is 10.5. The normalized spacial score (nSPS) is 11.7. The zero-order valence-corrected chi connectivity index (χ0v) is 18.1. The molecule has 0 radical (unpaired) electrons. The number of benzene rings is 3. The third kappa shape index (κ3) is 6.47. The van der Waals surface area contributed by atoms with Gasteiger partial charge in [0.1, 0.15) is 11.5 Å². The highest BCUT2D eigenvalue weighted by Crippen LogP contribution is 2.21. The third-order valence-corrected chi connectivity index (χ3v) is 4.78. The maximum atomic E-state index is 12.3. The van der Waals surface area contributed by atoms with E-state index in [1.54, 1.807) is 31.2 Å². The van der Waals surface area contributed by atoms with Crippen LogP contribution in [0.2, 0.25) is 0 Å². The van der Waals surface area contributed by atoms with Gasteiger partial charge >= 0.3 is 0 Å². The van der Waals surface area contributed by atoms with E-state index in [4.69, 9.17) is 9.47 Å². The summed E-state index contributed by atoms with van der Waals surface area (Å²) in [7, 11) is 0. The Kier molecular flexibility index (Phi) is 7.49. The third-order valence-electron chi connectivity index (χ3n) is 4.78. The minimum Gasteiger partial charge on any atom is -0.494 e. The van der Waals surface area contributed by atoms with E-state index in [1.165, 1.54) is 0 Å². The molecule has 0 saturated heterocycles. The van der Waals surface area contributed by atoms with Gasteiger partial charge in [0.25, 0.3) is 11.8 Å². The van der Waals surface area contributed by atoms with E-state index < -0.39 is 17.9 Å². The lowest BCUT2D eigenvalue weighted by Gasteiger charge is -2.15. The Morgan fingerprint density at radius 1 is 0.839 bits per heavy atom. The quantitative estimate of drug-likeness (QED) is 0.527. The first-order valence-corrected chi connectivity index (χ1v) is 10.4. The highest BCUT2D eigenvalue weighted by atomic mass is 16.5. The highest BCUT2D eigenvalue weighted by molar-refractivity contribution is 5.95. The average Bonchev–Trinajstić information content (AvgIpc) is 2.77. The predicted octanol–water partition coefficient (Wildman–Crippen LogP) is 4.49. The minimum absolute atomic E-state index is 0.416. The smallest absolute Gasteiger partial charge is 0.279 e. The molecule has 31 heavy (non-hydrogen) atoms. The van der Waals surface area contributed by atoms with Crippen molar-refractivity contribution in [2.45, 2.75) is 33.3 Å². The summed E-state index contributed by atoms with van der Waals surface area (Å²) in [5.41, 5.74) is 5.23. The van der Waals surface area contributed by atoms with Crippen molar-refractivity contribution >= 4 is 22.6 Å². The monoisotopic (exact) mass is 420 g/mol. The molecular formula is C25H28N2O4. The van der Waals surface area contributed by atoms with E-state index >= 15 is 0 Å². The molecule has 0 saturated carbocycles. The average molecular weight is 421 g/mol. The Morgan fingerprint density at radius 3 is 2.23 bits per heavy atom. The van der Waals surface area contributed by atoms with Gasteiger partial charge in [0.15, 0.2) is 6.10 Å². The molecule has 0 aliphatic rings. The zero-order chi connectivity index (χ0) is 22.2. The van der Waals surface area contributed by atoms with E-state index in [1.807, 2.05) is 42.5 Å². The van der Waals surface area contributed by atoms with Crippen LogP contribution >= 0.6 is 0 Å². The first-order valence-electron chi connectivity index (χ1n) is 10.4. The van der Waals surface area contributed by atoms with Gasteiger partial charge in [0.2, 0.25) is 0 Å². The molecule has 0 heterocycles. The second-order valence-electron chi connectivity index (χ2n) is 7.77. The number of amides is 2. The fourth-order valence-corrected chi connectivity index (χ4v) is 2.91. The molecule has 2 amide bonds. The van der Waals surface area contributed by atoms with E-state index in [0.29, 0.717) is 29.6 Å². The molecule has 3 rings (SSSR count). The second-order valence-corrected chi connectivity index (χ2v) is 7.77. The fraction of sp³-hybridized carbons (Fsp3) is 0.280. The van der Waals surface area contributed by atoms with Gasteiger partial charge in [-0.15, -0.1) is 0 Å². The van der Waals surface area contributed by atoms with Gasteiger partial charge in [0.05, 0.1) is 6.61 Å². The van der Waals surface area contributed by atoms with E-state index in [-0.39, 0.29) is 0 Å². The van der Waals surface area contributed by atoms with Gasteiger partial charge in [0, 0.05) is 5.56 Å². The predicted molar refractivity (Wildman–Crippen MR) is 121 cm³/mol. The maximum Gasteiger partial charge on any atom is 0.279 e. The van der Waals surface area contributed by atoms with Crippen LogP contribution in [-0.2, 0) is 4.79 Å². The zero-order valence-electron chi connectivity index (χ0n) is 18.1. The van der Waals surface area contributed by atoms with Gasteiger partial charge in [-0.25, -0.2) is 0 Å². The maximum absolute atomic E-state index is 12.3. The Labute approximate surface area is 182 Å². The minimum atomic E-state index is -0.779. The van der Waals surface area contributed by atoms with Crippen molar-refractivity contribution in [2.24, 2.45) is 5.92 Å². The molecule has 1 atom stereocenters. The molecule has 6 nitrogen and oxygen atoms in total. The SMILES string of the molecule is CC(C)CCOc1ccc(C(=O)NNC(=O)C(C)Oc2ccc3ccccc3c2)cc1. The summed E-state index contributed by atoms with van der Waals surface area (Å²) >= 11 is 0.